The van der Waals surface area contributed by atoms with Crippen LogP contribution < -0.4 is 5.73 Å². The summed E-state index contributed by atoms with van der Waals surface area (Å²) in [6.07, 6.45) is 0.109. The van der Waals surface area contributed by atoms with Gasteiger partial charge in [-0.1, -0.05) is 17.7 Å². The van der Waals surface area contributed by atoms with Crippen LogP contribution in [0.25, 0.3) is 0 Å². The Hall–Kier alpha value is -1.65. The van der Waals surface area contributed by atoms with Gasteiger partial charge in [0.25, 0.3) is 0 Å². The summed E-state index contributed by atoms with van der Waals surface area (Å²) < 4.78 is 18.2. The molecule has 0 aliphatic heterocycles. The van der Waals surface area contributed by atoms with E-state index in [-0.39, 0.29) is 29.5 Å². The van der Waals surface area contributed by atoms with Crippen molar-refractivity contribution in [3.8, 4) is 0 Å². The second kappa shape index (κ2) is 5.33. The number of nitrogens with two attached hydrogens (primary N) is 1. The van der Waals surface area contributed by atoms with Crippen LogP contribution in [0.15, 0.2) is 34.7 Å². The minimum absolute atomic E-state index is 0.00221. The molecule has 0 saturated carbocycles. The summed E-state index contributed by atoms with van der Waals surface area (Å²) >= 11 is 5.64. The number of Topliss-reactive ketones (excluding diaryl/α,β-unsaturated/α-hetero) is 1. The van der Waals surface area contributed by atoms with Crippen LogP contribution in [0.1, 0.15) is 21.9 Å². The average Bonchev–Trinajstić information content (AvgIpc) is 2.82. The van der Waals surface area contributed by atoms with Crippen molar-refractivity contribution < 1.29 is 13.6 Å². The van der Waals surface area contributed by atoms with E-state index < -0.39 is 5.82 Å². The van der Waals surface area contributed by atoms with Gasteiger partial charge < -0.3 is 10.2 Å². The van der Waals surface area contributed by atoms with Gasteiger partial charge in [-0.2, -0.15) is 0 Å². The maximum Gasteiger partial charge on any atom is 0.202 e. The minimum Gasteiger partial charge on any atom is -0.457 e. The van der Waals surface area contributed by atoms with Gasteiger partial charge in [-0.25, -0.2) is 4.39 Å². The predicted molar refractivity (Wildman–Crippen MR) is 66.0 cm³/mol. The molecular weight excluding hydrogens is 257 g/mol. The molecule has 0 spiro atoms. The Kier molecular flexibility index (Phi) is 3.79. The van der Waals surface area contributed by atoms with E-state index in [1.54, 1.807) is 12.1 Å². The largest absolute Gasteiger partial charge is 0.457 e. The highest BCUT2D eigenvalue weighted by atomic mass is 35.5. The normalized spacial score (nSPS) is 10.6. The smallest absolute Gasteiger partial charge is 0.202 e. The molecule has 2 aromatic rings. The van der Waals surface area contributed by atoms with E-state index in [4.69, 9.17) is 21.8 Å². The van der Waals surface area contributed by atoms with Crippen LogP contribution >= 0.6 is 11.6 Å². The average molecular weight is 268 g/mol. The maximum absolute atomic E-state index is 13.0. The molecule has 0 radical (unpaired) electrons. The van der Waals surface area contributed by atoms with Crippen LogP contribution in [-0.4, -0.2) is 5.78 Å². The quantitative estimate of drug-likeness (QED) is 0.867. The Morgan fingerprint density at radius 3 is 2.72 bits per heavy atom. The maximum atomic E-state index is 13.0. The number of rotatable bonds is 4. The monoisotopic (exact) mass is 267 g/mol. The van der Waals surface area contributed by atoms with Crippen molar-refractivity contribution in [2.75, 3.05) is 0 Å². The van der Waals surface area contributed by atoms with Crippen LogP contribution in [0, 0.1) is 5.82 Å². The molecule has 2 N–H and O–H groups in total. The van der Waals surface area contributed by atoms with Crippen molar-refractivity contribution in [1.82, 2.24) is 0 Å². The van der Waals surface area contributed by atoms with Crippen LogP contribution in [-0.2, 0) is 13.0 Å². The summed E-state index contributed by atoms with van der Waals surface area (Å²) in [5.74, 6) is 0.0973. The van der Waals surface area contributed by atoms with Crippen LogP contribution in [0.5, 0.6) is 0 Å². The first-order valence-corrected chi connectivity index (χ1v) is 5.74. The third-order valence-electron chi connectivity index (χ3n) is 2.49. The van der Waals surface area contributed by atoms with E-state index in [9.17, 15) is 9.18 Å². The molecule has 0 fully saturated rings. The summed E-state index contributed by atoms with van der Waals surface area (Å²) in [4.78, 5) is 11.9. The molecule has 0 atom stereocenters. The number of benzene rings is 1. The van der Waals surface area contributed by atoms with Gasteiger partial charge in [-0.05, 0) is 29.8 Å². The molecule has 3 nitrogen and oxygen atoms in total. The van der Waals surface area contributed by atoms with Gasteiger partial charge in [-0.3, -0.25) is 4.79 Å². The third kappa shape index (κ3) is 2.78. The SMILES string of the molecule is NCc1ccc(C(=O)Cc2ccc(F)c(Cl)c2)o1. The second-order valence-electron chi connectivity index (χ2n) is 3.82. The number of furan rings is 1. The molecule has 2 rings (SSSR count). The number of carbonyl (C=O) groups excluding carboxylic acids is 1. The van der Waals surface area contributed by atoms with Gasteiger partial charge in [0.05, 0.1) is 11.6 Å². The Morgan fingerprint density at radius 2 is 2.11 bits per heavy atom. The van der Waals surface area contributed by atoms with Gasteiger partial charge in [0.2, 0.25) is 5.78 Å². The molecule has 0 aliphatic rings. The van der Waals surface area contributed by atoms with Gasteiger partial charge in [0.15, 0.2) is 5.76 Å². The highest BCUT2D eigenvalue weighted by molar-refractivity contribution is 6.30. The van der Waals surface area contributed by atoms with Crippen molar-refractivity contribution in [2.24, 2.45) is 5.73 Å². The number of halogens is 2. The Bertz CT molecular complexity index is 580. The molecule has 18 heavy (non-hydrogen) atoms. The van der Waals surface area contributed by atoms with Crippen molar-refractivity contribution in [1.29, 1.82) is 0 Å². The first-order chi connectivity index (χ1) is 8.60. The molecule has 5 heteroatoms. The lowest BCUT2D eigenvalue weighted by Gasteiger charge is -2.00. The summed E-state index contributed by atoms with van der Waals surface area (Å²) in [7, 11) is 0. The number of ketones is 1. The van der Waals surface area contributed by atoms with E-state index in [0.29, 0.717) is 11.3 Å². The van der Waals surface area contributed by atoms with E-state index in [0.717, 1.165) is 0 Å². The highest BCUT2D eigenvalue weighted by Crippen LogP contribution is 2.18. The lowest BCUT2D eigenvalue weighted by Crippen LogP contribution is -2.02. The molecular formula is C13H11ClFNO2. The third-order valence-corrected chi connectivity index (χ3v) is 2.78. The highest BCUT2D eigenvalue weighted by Gasteiger charge is 2.12. The Labute approximate surface area is 108 Å². The van der Waals surface area contributed by atoms with Crippen LogP contribution in [0.3, 0.4) is 0 Å². The predicted octanol–water partition coefficient (Wildman–Crippen LogP) is 2.96. The molecule has 0 bridgehead atoms. The number of carbonyl (C=O) groups is 1. The molecule has 0 saturated heterocycles. The minimum atomic E-state index is -0.503. The summed E-state index contributed by atoms with van der Waals surface area (Å²) in [6.45, 7) is 0.246. The molecule has 0 aliphatic carbocycles. The number of hydrogen-bond acceptors (Lipinski definition) is 3. The van der Waals surface area contributed by atoms with E-state index in [1.807, 2.05) is 0 Å². The van der Waals surface area contributed by atoms with E-state index >= 15 is 0 Å². The topological polar surface area (TPSA) is 56.2 Å². The first kappa shape index (κ1) is 12.8. The zero-order valence-corrected chi connectivity index (χ0v) is 10.2. The first-order valence-electron chi connectivity index (χ1n) is 5.36. The van der Waals surface area contributed by atoms with Gasteiger partial charge in [0, 0.05) is 6.42 Å². The molecule has 1 aromatic heterocycles. The molecule has 1 aromatic carbocycles. The van der Waals surface area contributed by atoms with Crippen molar-refractivity contribution in [3.05, 3.63) is 58.3 Å². The molecule has 94 valence electrons. The van der Waals surface area contributed by atoms with Crippen LogP contribution in [0.2, 0.25) is 5.02 Å². The fraction of sp³-hybridized carbons (Fsp3) is 0.154. The summed E-state index contributed by atoms with van der Waals surface area (Å²) in [6, 6.07) is 7.42. The molecule has 0 amide bonds. The Morgan fingerprint density at radius 1 is 1.33 bits per heavy atom. The van der Waals surface area contributed by atoms with Crippen molar-refractivity contribution in [3.63, 3.8) is 0 Å². The van der Waals surface area contributed by atoms with Crippen molar-refractivity contribution >= 4 is 17.4 Å². The second-order valence-corrected chi connectivity index (χ2v) is 4.23. The lowest BCUT2D eigenvalue weighted by molar-refractivity contribution is 0.0964. The molecule has 1 heterocycles. The fourth-order valence-electron chi connectivity index (χ4n) is 1.56. The summed E-state index contributed by atoms with van der Waals surface area (Å²) in [5, 5.41) is 0.00221. The lowest BCUT2D eigenvalue weighted by atomic mass is 10.1. The number of hydrogen-bond donors (Lipinski definition) is 1. The zero-order chi connectivity index (χ0) is 13.1. The zero-order valence-electron chi connectivity index (χ0n) is 9.45. The molecule has 0 unspecified atom stereocenters. The fourth-order valence-corrected chi connectivity index (χ4v) is 1.76. The Balaban J connectivity index is 2.13. The van der Waals surface area contributed by atoms with Gasteiger partial charge in [-0.15, -0.1) is 0 Å². The van der Waals surface area contributed by atoms with E-state index in [2.05, 4.69) is 0 Å². The van der Waals surface area contributed by atoms with E-state index in [1.165, 1.54) is 18.2 Å². The van der Waals surface area contributed by atoms with Crippen LogP contribution in [0.4, 0.5) is 4.39 Å². The van der Waals surface area contributed by atoms with Gasteiger partial charge >= 0.3 is 0 Å². The van der Waals surface area contributed by atoms with Crippen molar-refractivity contribution in [2.45, 2.75) is 13.0 Å². The standard InChI is InChI=1S/C13H11ClFNO2/c14-10-5-8(1-3-11(10)15)6-12(17)13-4-2-9(7-16)18-13/h1-5H,6-7,16H2. The van der Waals surface area contributed by atoms with Gasteiger partial charge in [0.1, 0.15) is 11.6 Å². The summed E-state index contributed by atoms with van der Waals surface area (Å²) in [5.41, 5.74) is 6.02.